The van der Waals surface area contributed by atoms with Crippen molar-refractivity contribution >= 4 is 45.2 Å². The van der Waals surface area contributed by atoms with Crippen LogP contribution in [0, 0.1) is 0 Å². The van der Waals surface area contributed by atoms with Crippen molar-refractivity contribution in [1.82, 2.24) is 5.43 Å². The summed E-state index contributed by atoms with van der Waals surface area (Å²) in [6.45, 7) is 5.71. The molecule has 2 aromatic rings. The Kier molecular flexibility index (Phi) is 5.51. The number of phenols is 1. The number of hydrogen-bond donors (Lipinski definition) is 2. The van der Waals surface area contributed by atoms with Gasteiger partial charge in [-0.05, 0) is 56.3 Å². The molecule has 0 unspecified atom stereocenters. The molecule has 2 N–H and O–H groups in total. The molecule has 0 bridgehead atoms. The number of aromatic hydroxyl groups is 1. The third-order valence-corrected chi connectivity index (χ3v) is 4.95. The summed E-state index contributed by atoms with van der Waals surface area (Å²) in [4.78, 5) is 27.0. The van der Waals surface area contributed by atoms with Crippen LogP contribution in [-0.2, 0) is 9.59 Å². The lowest BCUT2D eigenvalue weighted by Crippen LogP contribution is -2.35. The van der Waals surface area contributed by atoms with Gasteiger partial charge in [0, 0.05) is 34.9 Å². The molecule has 0 saturated carbocycles. The van der Waals surface area contributed by atoms with Crippen molar-refractivity contribution in [2.45, 2.75) is 13.8 Å². The third kappa shape index (κ3) is 3.83. The highest BCUT2D eigenvalue weighted by atomic mass is 79.9. The van der Waals surface area contributed by atoms with Gasteiger partial charge in [0.1, 0.15) is 11.3 Å². The van der Waals surface area contributed by atoms with E-state index in [9.17, 15) is 14.7 Å². The minimum atomic E-state index is -0.505. The third-order valence-electron chi connectivity index (χ3n) is 4.42. The van der Waals surface area contributed by atoms with E-state index in [0.717, 1.165) is 23.2 Å². The Balaban J connectivity index is 1.89. The first-order valence-electron chi connectivity index (χ1n) is 8.65. The average Bonchev–Trinajstić information content (AvgIpc) is 2.93. The molecule has 0 aliphatic carbocycles. The van der Waals surface area contributed by atoms with E-state index < -0.39 is 11.8 Å². The molecule has 2 amide bonds. The van der Waals surface area contributed by atoms with Gasteiger partial charge < -0.3 is 10.0 Å². The molecule has 7 heteroatoms. The van der Waals surface area contributed by atoms with Crippen LogP contribution < -0.4 is 15.3 Å². The number of carbonyl (C=O) groups excluding carboxylic acids is 2. The van der Waals surface area contributed by atoms with Crippen LogP contribution in [0.4, 0.5) is 11.4 Å². The molecule has 1 fully saturated rings. The number of amides is 2. The van der Waals surface area contributed by atoms with E-state index in [2.05, 4.69) is 26.3 Å². The number of benzene rings is 2. The maximum absolute atomic E-state index is 12.7. The Hall–Kier alpha value is -2.80. The van der Waals surface area contributed by atoms with Gasteiger partial charge in [0.05, 0.1) is 5.69 Å². The monoisotopic (exact) mass is 429 g/mol. The van der Waals surface area contributed by atoms with E-state index in [4.69, 9.17) is 0 Å². The Morgan fingerprint density at radius 2 is 1.78 bits per heavy atom. The number of carbonyl (C=O) groups is 2. The van der Waals surface area contributed by atoms with Crippen molar-refractivity contribution in [2.24, 2.45) is 0 Å². The molecule has 3 rings (SSSR count). The normalized spacial score (nSPS) is 15.4. The van der Waals surface area contributed by atoms with Crippen molar-refractivity contribution in [3.05, 3.63) is 58.1 Å². The quantitative estimate of drug-likeness (QED) is 0.563. The van der Waals surface area contributed by atoms with E-state index in [0.29, 0.717) is 11.3 Å². The fraction of sp³-hybridized carbons (Fsp3) is 0.200. The van der Waals surface area contributed by atoms with E-state index in [1.54, 1.807) is 36.4 Å². The fourth-order valence-corrected chi connectivity index (χ4v) is 3.19. The van der Waals surface area contributed by atoms with Gasteiger partial charge in [0.15, 0.2) is 0 Å². The summed E-state index contributed by atoms with van der Waals surface area (Å²) in [6, 6.07) is 12.2. The van der Waals surface area contributed by atoms with Crippen LogP contribution in [-0.4, -0.2) is 30.0 Å². The number of hydrogen-bond acceptors (Lipinski definition) is 4. The summed E-state index contributed by atoms with van der Waals surface area (Å²) in [5, 5.41) is 11.5. The highest BCUT2D eigenvalue weighted by Gasteiger charge is 2.34. The standard InChI is InChI=1S/C20H20BrN3O3/c1-3-23(4-2)16-8-5-13(18(25)12-16)11-17-19(26)22-24(20(17)27)15-9-6-14(21)7-10-15/h5-12,25H,3-4H2,1-2H3,(H,22,26)/b17-11-. The number of hydrazine groups is 1. The molecule has 1 aliphatic rings. The van der Waals surface area contributed by atoms with Gasteiger partial charge in [-0.1, -0.05) is 15.9 Å². The molecule has 0 aromatic heterocycles. The molecule has 1 saturated heterocycles. The van der Waals surface area contributed by atoms with Gasteiger partial charge >= 0.3 is 0 Å². The largest absolute Gasteiger partial charge is 0.507 e. The fourth-order valence-electron chi connectivity index (χ4n) is 2.92. The lowest BCUT2D eigenvalue weighted by Gasteiger charge is -2.21. The zero-order valence-corrected chi connectivity index (χ0v) is 16.7. The average molecular weight is 430 g/mol. The molecule has 0 spiro atoms. The van der Waals surface area contributed by atoms with E-state index in [1.165, 1.54) is 11.1 Å². The lowest BCUT2D eigenvalue weighted by atomic mass is 10.1. The Bertz CT molecular complexity index is 905. The van der Waals surface area contributed by atoms with Crippen LogP contribution in [0.5, 0.6) is 5.75 Å². The van der Waals surface area contributed by atoms with E-state index in [-0.39, 0.29) is 11.3 Å². The molecule has 140 valence electrons. The highest BCUT2D eigenvalue weighted by Crippen LogP contribution is 2.29. The number of phenolic OH excluding ortho intramolecular Hbond substituents is 1. The minimum Gasteiger partial charge on any atom is -0.507 e. The number of rotatable bonds is 5. The van der Waals surface area contributed by atoms with Gasteiger partial charge in [-0.25, -0.2) is 5.01 Å². The summed E-state index contributed by atoms with van der Waals surface area (Å²) >= 11 is 3.34. The molecule has 6 nitrogen and oxygen atoms in total. The predicted octanol–water partition coefficient (Wildman–Crippen LogP) is 3.46. The summed E-state index contributed by atoms with van der Waals surface area (Å²) in [5.74, 6) is -0.945. The molecule has 0 radical (unpaired) electrons. The summed E-state index contributed by atoms with van der Waals surface area (Å²) < 4.78 is 0.873. The van der Waals surface area contributed by atoms with Crippen LogP contribution in [0.1, 0.15) is 19.4 Å². The van der Waals surface area contributed by atoms with Crippen LogP contribution in [0.25, 0.3) is 6.08 Å². The first kappa shape index (κ1) is 19.0. The number of nitrogens with zero attached hydrogens (tertiary/aromatic N) is 2. The minimum absolute atomic E-state index is 0.0228. The molecule has 0 atom stereocenters. The van der Waals surface area contributed by atoms with Gasteiger partial charge in [-0.2, -0.15) is 0 Å². The second kappa shape index (κ2) is 7.84. The lowest BCUT2D eigenvalue weighted by molar-refractivity contribution is -0.117. The smallest absolute Gasteiger partial charge is 0.282 e. The Morgan fingerprint density at radius 1 is 1.11 bits per heavy atom. The molecular formula is C20H20BrN3O3. The molecule has 1 heterocycles. The molecule has 1 aliphatic heterocycles. The van der Waals surface area contributed by atoms with Gasteiger partial charge in [0.2, 0.25) is 0 Å². The zero-order valence-electron chi connectivity index (χ0n) is 15.1. The highest BCUT2D eigenvalue weighted by molar-refractivity contribution is 9.10. The Labute approximate surface area is 166 Å². The Morgan fingerprint density at radius 3 is 2.37 bits per heavy atom. The molecule has 27 heavy (non-hydrogen) atoms. The predicted molar refractivity (Wildman–Crippen MR) is 109 cm³/mol. The van der Waals surface area contributed by atoms with Crippen LogP contribution in [0.2, 0.25) is 0 Å². The molecule has 2 aromatic carbocycles. The van der Waals surface area contributed by atoms with Gasteiger partial charge in [-0.3, -0.25) is 15.0 Å². The van der Waals surface area contributed by atoms with Crippen LogP contribution >= 0.6 is 15.9 Å². The topological polar surface area (TPSA) is 72.9 Å². The molecular weight excluding hydrogens is 410 g/mol. The maximum atomic E-state index is 12.7. The number of halogens is 1. The van der Waals surface area contributed by atoms with Crippen molar-refractivity contribution in [1.29, 1.82) is 0 Å². The van der Waals surface area contributed by atoms with E-state index >= 15 is 0 Å². The van der Waals surface area contributed by atoms with Gasteiger partial charge in [-0.15, -0.1) is 0 Å². The van der Waals surface area contributed by atoms with Crippen molar-refractivity contribution < 1.29 is 14.7 Å². The second-order valence-electron chi connectivity index (χ2n) is 6.03. The van der Waals surface area contributed by atoms with Crippen LogP contribution in [0.3, 0.4) is 0 Å². The van der Waals surface area contributed by atoms with Crippen molar-refractivity contribution in [3.8, 4) is 5.75 Å². The first-order chi connectivity index (χ1) is 12.9. The summed E-state index contributed by atoms with van der Waals surface area (Å²) in [5.41, 5.74) is 4.39. The summed E-state index contributed by atoms with van der Waals surface area (Å²) in [6.07, 6.45) is 1.41. The van der Waals surface area contributed by atoms with Crippen molar-refractivity contribution in [2.75, 3.05) is 23.0 Å². The van der Waals surface area contributed by atoms with Crippen LogP contribution in [0.15, 0.2) is 52.5 Å². The zero-order chi connectivity index (χ0) is 19.6. The van der Waals surface area contributed by atoms with Gasteiger partial charge in [0.25, 0.3) is 11.8 Å². The van der Waals surface area contributed by atoms with Crippen molar-refractivity contribution in [3.63, 3.8) is 0 Å². The maximum Gasteiger partial charge on any atom is 0.282 e. The SMILES string of the molecule is CCN(CC)c1ccc(/C=C2/C(=O)NN(c3ccc(Br)cc3)C2=O)c(O)c1. The van der Waals surface area contributed by atoms with E-state index in [1.807, 2.05) is 19.9 Å². The number of anilines is 2. The number of nitrogens with one attached hydrogen (secondary N) is 1. The first-order valence-corrected chi connectivity index (χ1v) is 9.44. The second-order valence-corrected chi connectivity index (χ2v) is 6.95. The summed E-state index contributed by atoms with van der Waals surface area (Å²) in [7, 11) is 0.